The molecule has 1 aliphatic rings. The van der Waals surface area contributed by atoms with Crippen LogP contribution in [0.3, 0.4) is 0 Å². The highest BCUT2D eigenvalue weighted by molar-refractivity contribution is 5.38. The van der Waals surface area contributed by atoms with Crippen molar-refractivity contribution < 1.29 is 4.39 Å². The Morgan fingerprint density at radius 3 is 2.75 bits per heavy atom. The summed E-state index contributed by atoms with van der Waals surface area (Å²) >= 11 is 0. The van der Waals surface area contributed by atoms with Gasteiger partial charge in [-0.2, -0.15) is 0 Å². The molecule has 1 aliphatic heterocycles. The molecule has 0 amide bonds. The van der Waals surface area contributed by atoms with Crippen molar-refractivity contribution in [1.82, 2.24) is 14.9 Å². The van der Waals surface area contributed by atoms with Crippen molar-refractivity contribution in [2.75, 3.05) is 11.9 Å². The second kappa shape index (κ2) is 7.71. The second-order valence-electron chi connectivity index (χ2n) is 6.51. The second-order valence-corrected chi connectivity index (χ2v) is 6.51. The standard InChI is InChI=1S/C19H25FN4/c1-3-17-18(20)19(22-13-21-17)23-16-9-10-24(14(2)11-16)12-15-7-5-4-6-8-15/h4-8,13-14,16H,3,9-12H2,1-2H3,(H,21,22,23). The van der Waals surface area contributed by atoms with Crippen LogP contribution < -0.4 is 5.32 Å². The lowest BCUT2D eigenvalue weighted by molar-refractivity contribution is 0.144. The Labute approximate surface area is 143 Å². The van der Waals surface area contributed by atoms with E-state index in [4.69, 9.17) is 0 Å². The lowest BCUT2D eigenvalue weighted by atomic mass is 9.97. The molecule has 1 aromatic heterocycles. The molecular formula is C19H25FN4. The molecule has 2 atom stereocenters. The van der Waals surface area contributed by atoms with Gasteiger partial charge in [0.15, 0.2) is 11.6 Å². The molecule has 1 N–H and O–H groups in total. The molecule has 128 valence electrons. The van der Waals surface area contributed by atoms with E-state index >= 15 is 0 Å². The Balaban J connectivity index is 1.59. The lowest BCUT2D eigenvalue weighted by Gasteiger charge is -2.38. The topological polar surface area (TPSA) is 41.1 Å². The fourth-order valence-electron chi connectivity index (χ4n) is 3.35. The summed E-state index contributed by atoms with van der Waals surface area (Å²) in [6, 6.07) is 11.2. The molecule has 2 aromatic rings. The Morgan fingerprint density at radius 1 is 1.25 bits per heavy atom. The first kappa shape index (κ1) is 16.8. The summed E-state index contributed by atoms with van der Waals surface area (Å²) in [6.07, 6.45) is 3.99. The van der Waals surface area contributed by atoms with Crippen molar-refractivity contribution in [2.24, 2.45) is 0 Å². The molecule has 0 aliphatic carbocycles. The Kier molecular flexibility index (Phi) is 5.41. The molecule has 0 bridgehead atoms. The largest absolute Gasteiger partial charge is 0.365 e. The van der Waals surface area contributed by atoms with Crippen LogP contribution in [0.4, 0.5) is 10.2 Å². The van der Waals surface area contributed by atoms with Crippen LogP contribution in [0.1, 0.15) is 37.9 Å². The van der Waals surface area contributed by atoms with Crippen LogP contribution >= 0.6 is 0 Å². The van der Waals surface area contributed by atoms with Gasteiger partial charge in [0.1, 0.15) is 6.33 Å². The number of hydrogen-bond donors (Lipinski definition) is 1. The van der Waals surface area contributed by atoms with Gasteiger partial charge in [0.2, 0.25) is 0 Å². The first-order chi connectivity index (χ1) is 11.7. The summed E-state index contributed by atoms with van der Waals surface area (Å²) in [7, 11) is 0. The third-order valence-electron chi connectivity index (χ3n) is 4.78. The van der Waals surface area contributed by atoms with Crippen LogP contribution in [0, 0.1) is 5.82 Å². The number of aromatic nitrogens is 2. The number of rotatable bonds is 5. The van der Waals surface area contributed by atoms with E-state index < -0.39 is 0 Å². The number of benzene rings is 1. The van der Waals surface area contributed by atoms with Crippen molar-refractivity contribution in [1.29, 1.82) is 0 Å². The fraction of sp³-hybridized carbons (Fsp3) is 0.474. The third kappa shape index (κ3) is 3.90. The van der Waals surface area contributed by atoms with E-state index in [0.29, 0.717) is 24.0 Å². The molecule has 5 heteroatoms. The van der Waals surface area contributed by atoms with E-state index in [1.165, 1.54) is 11.9 Å². The summed E-state index contributed by atoms with van der Waals surface area (Å²) < 4.78 is 14.3. The van der Waals surface area contributed by atoms with Gasteiger partial charge in [-0.05, 0) is 31.7 Å². The maximum absolute atomic E-state index is 14.3. The average Bonchev–Trinajstić information content (AvgIpc) is 2.60. The number of nitrogens with one attached hydrogen (secondary N) is 1. The van der Waals surface area contributed by atoms with Gasteiger partial charge in [0.05, 0.1) is 5.69 Å². The first-order valence-corrected chi connectivity index (χ1v) is 8.71. The van der Waals surface area contributed by atoms with E-state index in [0.717, 1.165) is 25.9 Å². The van der Waals surface area contributed by atoms with Gasteiger partial charge in [0.25, 0.3) is 0 Å². The zero-order valence-corrected chi connectivity index (χ0v) is 14.4. The van der Waals surface area contributed by atoms with Gasteiger partial charge < -0.3 is 5.32 Å². The molecule has 2 unspecified atom stereocenters. The van der Waals surface area contributed by atoms with Crippen molar-refractivity contribution in [3.8, 4) is 0 Å². The number of likely N-dealkylation sites (tertiary alicyclic amines) is 1. The minimum atomic E-state index is -0.306. The van der Waals surface area contributed by atoms with Crippen molar-refractivity contribution in [3.05, 3.63) is 53.7 Å². The summed E-state index contributed by atoms with van der Waals surface area (Å²) in [5.74, 6) is 0.0370. The predicted octanol–water partition coefficient (Wildman–Crippen LogP) is 3.64. The van der Waals surface area contributed by atoms with Gasteiger partial charge in [-0.1, -0.05) is 37.3 Å². The van der Waals surface area contributed by atoms with Crippen LogP contribution in [-0.2, 0) is 13.0 Å². The highest BCUT2D eigenvalue weighted by atomic mass is 19.1. The molecule has 24 heavy (non-hydrogen) atoms. The molecule has 0 radical (unpaired) electrons. The summed E-state index contributed by atoms with van der Waals surface area (Å²) in [4.78, 5) is 10.6. The van der Waals surface area contributed by atoms with E-state index in [2.05, 4.69) is 51.4 Å². The predicted molar refractivity (Wildman–Crippen MR) is 94.3 cm³/mol. The van der Waals surface area contributed by atoms with Crippen LogP contribution in [0.5, 0.6) is 0 Å². The van der Waals surface area contributed by atoms with Crippen molar-refractivity contribution in [3.63, 3.8) is 0 Å². The minimum absolute atomic E-state index is 0.251. The van der Waals surface area contributed by atoms with E-state index in [9.17, 15) is 4.39 Å². The zero-order valence-electron chi connectivity index (χ0n) is 14.4. The number of nitrogens with zero attached hydrogens (tertiary/aromatic N) is 3. The minimum Gasteiger partial charge on any atom is -0.365 e. The fourth-order valence-corrected chi connectivity index (χ4v) is 3.35. The van der Waals surface area contributed by atoms with E-state index in [-0.39, 0.29) is 11.9 Å². The molecule has 2 heterocycles. The number of anilines is 1. The number of halogens is 1. The molecular weight excluding hydrogens is 303 g/mol. The van der Waals surface area contributed by atoms with Crippen LogP contribution in [-0.4, -0.2) is 33.5 Å². The number of aryl methyl sites for hydroxylation is 1. The summed E-state index contributed by atoms with van der Waals surface area (Å²) in [6.45, 7) is 6.11. The highest BCUT2D eigenvalue weighted by Crippen LogP contribution is 2.23. The van der Waals surface area contributed by atoms with Gasteiger partial charge in [-0.15, -0.1) is 0 Å². The van der Waals surface area contributed by atoms with Crippen LogP contribution in [0.25, 0.3) is 0 Å². The molecule has 1 saturated heterocycles. The van der Waals surface area contributed by atoms with Gasteiger partial charge in [-0.3, -0.25) is 4.90 Å². The first-order valence-electron chi connectivity index (χ1n) is 8.71. The summed E-state index contributed by atoms with van der Waals surface area (Å²) in [5.41, 5.74) is 1.81. The lowest BCUT2D eigenvalue weighted by Crippen LogP contribution is -2.44. The number of piperidine rings is 1. The molecule has 4 nitrogen and oxygen atoms in total. The maximum atomic E-state index is 14.3. The van der Waals surface area contributed by atoms with Crippen molar-refractivity contribution in [2.45, 2.75) is 51.7 Å². The molecule has 1 aromatic carbocycles. The van der Waals surface area contributed by atoms with Crippen molar-refractivity contribution >= 4 is 5.82 Å². The molecule has 0 saturated carbocycles. The van der Waals surface area contributed by atoms with Crippen LogP contribution in [0.2, 0.25) is 0 Å². The molecule has 1 fully saturated rings. The highest BCUT2D eigenvalue weighted by Gasteiger charge is 2.26. The SMILES string of the molecule is CCc1ncnc(NC2CCN(Cc3ccccc3)C(C)C2)c1F. The monoisotopic (exact) mass is 328 g/mol. The third-order valence-corrected chi connectivity index (χ3v) is 4.78. The maximum Gasteiger partial charge on any atom is 0.186 e. The smallest absolute Gasteiger partial charge is 0.186 e. The summed E-state index contributed by atoms with van der Waals surface area (Å²) in [5, 5.41) is 3.29. The Bertz CT molecular complexity index is 662. The van der Waals surface area contributed by atoms with E-state index in [1.54, 1.807) is 0 Å². The van der Waals surface area contributed by atoms with Crippen LogP contribution in [0.15, 0.2) is 36.7 Å². The Hall–Kier alpha value is -2.01. The quantitative estimate of drug-likeness (QED) is 0.910. The normalized spacial score (nSPS) is 21.6. The zero-order chi connectivity index (χ0) is 16.9. The van der Waals surface area contributed by atoms with Gasteiger partial charge in [0, 0.05) is 25.2 Å². The van der Waals surface area contributed by atoms with Gasteiger partial charge >= 0.3 is 0 Å². The molecule has 0 spiro atoms. The average molecular weight is 328 g/mol. The number of hydrogen-bond acceptors (Lipinski definition) is 4. The Morgan fingerprint density at radius 2 is 2.04 bits per heavy atom. The van der Waals surface area contributed by atoms with Gasteiger partial charge in [-0.25, -0.2) is 14.4 Å². The van der Waals surface area contributed by atoms with E-state index in [1.807, 2.05) is 13.0 Å². The molecule has 3 rings (SSSR count).